The molecule has 1 heterocycles. The molecule has 5 heteroatoms. The van der Waals surface area contributed by atoms with Gasteiger partial charge in [-0.2, -0.15) is 0 Å². The molecule has 0 saturated heterocycles. The standard InChI is InChI=1S/C29H30N2O3/c1-19-8-10-23(26(16-19)34-2)27(20-6-4-3-5-7-20)31-28(33)29(13-14-29)22-9-11-25-24(17-22)21(12-15-32)18-30-25/h3-11,16-18,27,30,32H,12-15H2,1-2H3,(H,31,33). The van der Waals surface area contributed by atoms with Crippen molar-refractivity contribution >= 4 is 16.8 Å². The highest BCUT2D eigenvalue weighted by atomic mass is 16.5. The van der Waals surface area contributed by atoms with Gasteiger partial charge in [-0.1, -0.05) is 48.5 Å². The molecule has 0 radical (unpaired) electrons. The van der Waals surface area contributed by atoms with Gasteiger partial charge in [0.2, 0.25) is 5.91 Å². The average Bonchev–Trinajstić information content (AvgIpc) is 3.59. The molecular formula is C29H30N2O3. The molecule has 0 bridgehead atoms. The molecule has 3 N–H and O–H groups in total. The highest BCUT2D eigenvalue weighted by molar-refractivity contribution is 5.94. The summed E-state index contributed by atoms with van der Waals surface area (Å²) in [7, 11) is 1.67. The van der Waals surface area contributed by atoms with Crippen molar-refractivity contribution in [1.82, 2.24) is 10.3 Å². The fourth-order valence-electron chi connectivity index (χ4n) is 4.89. The molecule has 1 aromatic heterocycles. The predicted octanol–water partition coefficient (Wildman–Crippen LogP) is 4.96. The number of benzene rings is 3. The normalized spacial score (nSPS) is 15.1. The van der Waals surface area contributed by atoms with E-state index in [0.717, 1.165) is 57.3 Å². The molecule has 1 fully saturated rings. The van der Waals surface area contributed by atoms with Gasteiger partial charge in [-0.25, -0.2) is 0 Å². The van der Waals surface area contributed by atoms with Crippen molar-refractivity contribution in [2.75, 3.05) is 13.7 Å². The van der Waals surface area contributed by atoms with Gasteiger partial charge in [-0.05, 0) is 66.6 Å². The first kappa shape index (κ1) is 22.2. The Labute approximate surface area is 199 Å². The summed E-state index contributed by atoms with van der Waals surface area (Å²) in [5, 5.41) is 13.8. The van der Waals surface area contributed by atoms with Crippen molar-refractivity contribution in [3.63, 3.8) is 0 Å². The highest BCUT2D eigenvalue weighted by Crippen LogP contribution is 2.50. The number of aryl methyl sites for hydroxylation is 1. The molecule has 1 unspecified atom stereocenters. The second-order valence-corrected chi connectivity index (χ2v) is 9.19. The van der Waals surface area contributed by atoms with Crippen molar-refractivity contribution < 1.29 is 14.6 Å². The number of H-pyrrole nitrogens is 1. The lowest BCUT2D eigenvalue weighted by molar-refractivity contribution is -0.124. The van der Waals surface area contributed by atoms with Gasteiger partial charge in [-0.15, -0.1) is 0 Å². The van der Waals surface area contributed by atoms with Gasteiger partial charge >= 0.3 is 0 Å². The number of hydrogen-bond acceptors (Lipinski definition) is 3. The number of aliphatic hydroxyl groups is 1. The molecule has 0 aliphatic heterocycles. The summed E-state index contributed by atoms with van der Waals surface area (Å²) in [5.41, 5.74) is 5.65. The van der Waals surface area contributed by atoms with Crippen molar-refractivity contribution in [2.45, 2.75) is 37.6 Å². The Kier molecular flexibility index (Phi) is 5.88. The lowest BCUT2D eigenvalue weighted by Gasteiger charge is -2.25. The Morgan fingerprint density at radius 3 is 2.62 bits per heavy atom. The quantitative estimate of drug-likeness (QED) is 0.352. The molecule has 1 saturated carbocycles. The van der Waals surface area contributed by atoms with Crippen LogP contribution in [0.4, 0.5) is 0 Å². The van der Waals surface area contributed by atoms with Gasteiger partial charge in [0.15, 0.2) is 0 Å². The summed E-state index contributed by atoms with van der Waals surface area (Å²) in [5.74, 6) is 0.795. The summed E-state index contributed by atoms with van der Waals surface area (Å²) in [6, 6.07) is 22.0. The van der Waals surface area contributed by atoms with Gasteiger partial charge < -0.3 is 20.1 Å². The zero-order valence-corrected chi connectivity index (χ0v) is 19.6. The van der Waals surface area contributed by atoms with E-state index in [-0.39, 0.29) is 18.6 Å². The van der Waals surface area contributed by atoms with E-state index >= 15 is 0 Å². The zero-order chi connectivity index (χ0) is 23.7. The molecule has 34 heavy (non-hydrogen) atoms. The lowest BCUT2D eigenvalue weighted by atomic mass is 9.91. The SMILES string of the molecule is COc1cc(C)ccc1C(NC(=O)C1(c2ccc3[nH]cc(CCO)c3c2)CC1)c1ccccc1. The molecule has 174 valence electrons. The molecule has 5 nitrogen and oxygen atoms in total. The largest absolute Gasteiger partial charge is 0.496 e. The monoisotopic (exact) mass is 454 g/mol. The van der Waals surface area contributed by atoms with Crippen LogP contribution in [0.5, 0.6) is 5.75 Å². The van der Waals surface area contributed by atoms with Crippen molar-refractivity contribution in [2.24, 2.45) is 0 Å². The second-order valence-electron chi connectivity index (χ2n) is 9.19. The molecular weight excluding hydrogens is 424 g/mol. The Morgan fingerprint density at radius 1 is 1.12 bits per heavy atom. The van der Waals surface area contributed by atoms with Crippen LogP contribution in [0, 0.1) is 6.92 Å². The van der Waals surface area contributed by atoms with Crippen LogP contribution >= 0.6 is 0 Å². The van der Waals surface area contributed by atoms with Crippen LogP contribution in [-0.2, 0) is 16.6 Å². The van der Waals surface area contributed by atoms with E-state index in [0.29, 0.717) is 6.42 Å². The Morgan fingerprint density at radius 2 is 1.91 bits per heavy atom. The van der Waals surface area contributed by atoms with E-state index in [1.807, 2.05) is 61.7 Å². The van der Waals surface area contributed by atoms with E-state index in [1.165, 1.54) is 0 Å². The van der Waals surface area contributed by atoms with E-state index in [9.17, 15) is 9.90 Å². The van der Waals surface area contributed by atoms with Crippen LogP contribution in [0.3, 0.4) is 0 Å². The molecule has 3 aromatic carbocycles. The van der Waals surface area contributed by atoms with Crippen LogP contribution in [-0.4, -0.2) is 29.7 Å². The minimum Gasteiger partial charge on any atom is -0.496 e. The summed E-state index contributed by atoms with van der Waals surface area (Å²) < 4.78 is 5.70. The van der Waals surface area contributed by atoms with Crippen LogP contribution in [0.1, 0.15) is 46.7 Å². The van der Waals surface area contributed by atoms with Gasteiger partial charge in [0.05, 0.1) is 18.6 Å². The molecule has 1 amide bonds. The minimum absolute atomic E-state index is 0.0302. The fraction of sp³-hybridized carbons (Fsp3) is 0.276. The van der Waals surface area contributed by atoms with Gasteiger partial charge in [0.1, 0.15) is 5.75 Å². The maximum atomic E-state index is 13.8. The molecule has 1 aliphatic carbocycles. The van der Waals surface area contributed by atoms with Crippen molar-refractivity contribution in [1.29, 1.82) is 0 Å². The average molecular weight is 455 g/mol. The van der Waals surface area contributed by atoms with E-state index in [4.69, 9.17) is 4.74 Å². The molecule has 1 aliphatic rings. The molecule has 1 atom stereocenters. The van der Waals surface area contributed by atoms with Gasteiger partial charge in [0, 0.05) is 29.3 Å². The number of aliphatic hydroxyl groups excluding tert-OH is 1. The lowest BCUT2D eigenvalue weighted by Crippen LogP contribution is -2.38. The van der Waals surface area contributed by atoms with E-state index in [2.05, 4.69) is 28.5 Å². The predicted molar refractivity (Wildman–Crippen MR) is 134 cm³/mol. The number of fused-ring (bicyclic) bond motifs is 1. The second kappa shape index (κ2) is 8.99. The van der Waals surface area contributed by atoms with Gasteiger partial charge in [-0.3, -0.25) is 4.79 Å². The Hall–Kier alpha value is -3.57. The number of aromatic nitrogens is 1. The first-order chi connectivity index (χ1) is 16.6. The molecule has 4 aromatic rings. The third kappa shape index (κ3) is 3.97. The molecule has 0 spiro atoms. The number of ether oxygens (including phenoxy) is 1. The Bertz CT molecular complexity index is 1320. The van der Waals surface area contributed by atoms with Crippen LogP contribution < -0.4 is 10.1 Å². The summed E-state index contributed by atoms with van der Waals surface area (Å²) >= 11 is 0. The number of hydrogen-bond donors (Lipinski definition) is 3. The van der Waals surface area contributed by atoms with Crippen molar-refractivity contribution in [3.05, 3.63) is 101 Å². The summed E-state index contributed by atoms with van der Waals surface area (Å²) in [4.78, 5) is 17.1. The number of amides is 1. The van der Waals surface area contributed by atoms with Gasteiger partial charge in [0.25, 0.3) is 0 Å². The fourth-order valence-corrected chi connectivity index (χ4v) is 4.89. The van der Waals surface area contributed by atoms with E-state index in [1.54, 1.807) is 7.11 Å². The maximum Gasteiger partial charge on any atom is 0.231 e. The number of nitrogens with one attached hydrogen (secondary N) is 2. The number of carbonyl (C=O) groups is 1. The number of rotatable bonds is 8. The summed E-state index contributed by atoms with van der Waals surface area (Å²) in [6.07, 6.45) is 4.17. The maximum absolute atomic E-state index is 13.8. The van der Waals surface area contributed by atoms with Crippen LogP contribution in [0.15, 0.2) is 72.9 Å². The van der Waals surface area contributed by atoms with E-state index < -0.39 is 5.41 Å². The Balaban J connectivity index is 1.51. The number of aromatic amines is 1. The zero-order valence-electron chi connectivity index (χ0n) is 19.6. The summed E-state index contributed by atoms with van der Waals surface area (Å²) in [6.45, 7) is 2.13. The van der Waals surface area contributed by atoms with Crippen LogP contribution in [0.2, 0.25) is 0 Å². The topological polar surface area (TPSA) is 74.3 Å². The van der Waals surface area contributed by atoms with Crippen molar-refractivity contribution in [3.8, 4) is 5.75 Å². The number of methoxy groups -OCH3 is 1. The minimum atomic E-state index is -0.535. The van der Waals surface area contributed by atoms with Crippen LogP contribution in [0.25, 0.3) is 10.9 Å². The first-order valence-electron chi connectivity index (χ1n) is 11.8. The smallest absolute Gasteiger partial charge is 0.231 e. The highest BCUT2D eigenvalue weighted by Gasteiger charge is 2.52. The third-order valence-corrected chi connectivity index (χ3v) is 6.99. The first-order valence-corrected chi connectivity index (χ1v) is 11.8. The number of carbonyl (C=O) groups excluding carboxylic acids is 1. The molecule has 5 rings (SSSR count). The third-order valence-electron chi connectivity index (χ3n) is 6.99.